The molecule has 1 fully saturated rings. The summed E-state index contributed by atoms with van der Waals surface area (Å²) in [5.74, 6) is 0. The van der Waals surface area contributed by atoms with E-state index in [0.717, 1.165) is 24.8 Å². The second-order valence-electron chi connectivity index (χ2n) is 3.25. The number of rotatable bonds is 1. The maximum Gasteiger partial charge on any atom is 0.0682 e. The van der Waals surface area contributed by atoms with E-state index in [1.54, 1.807) is 0 Å². The van der Waals surface area contributed by atoms with Crippen molar-refractivity contribution in [3.63, 3.8) is 0 Å². The number of halogens is 1. The maximum absolute atomic E-state index is 5.82. The Kier molecular flexibility index (Phi) is 2.71. The van der Waals surface area contributed by atoms with Crippen LogP contribution in [0.15, 0.2) is 24.3 Å². The summed E-state index contributed by atoms with van der Waals surface area (Å²) in [6, 6.07) is 8.00. The van der Waals surface area contributed by atoms with Gasteiger partial charge in [-0.15, -0.1) is 0 Å². The number of hydrogen-bond acceptors (Lipinski definition) is 2. The second kappa shape index (κ2) is 3.99. The summed E-state index contributed by atoms with van der Waals surface area (Å²) in [7, 11) is 0. The molecule has 1 aliphatic rings. The van der Waals surface area contributed by atoms with E-state index in [9.17, 15) is 0 Å². The Morgan fingerprint density at radius 2 is 2.00 bits per heavy atom. The monoisotopic (exact) mass is 196 g/mol. The van der Waals surface area contributed by atoms with Crippen LogP contribution in [-0.2, 0) is 0 Å². The predicted molar refractivity (Wildman–Crippen MR) is 56.3 cm³/mol. The van der Waals surface area contributed by atoms with E-state index in [4.69, 9.17) is 11.6 Å². The van der Waals surface area contributed by atoms with Crippen molar-refractivity contribution >= 4 is 17.3 Å². The van der Waals surface area contributed by atoms with Gasteiger partial charge in [-0.1, -0.05) is 11.6 Å². The van der Waals surface area contributed by atoms with E-state index in [0.29, 0.717) is 0 Å². The molecule has 0 saturated carbocycles. The quantitative estimate of drug-likeness (QED) is 0.740. The Bertz CT molecular complexity index is 265. The van der Waals surface area contributed by atoms with Gasteiger partial charge in [0.15, 0.2) is 0 Å². The Morgan fingerprint density at radius 1 is 1.23 bits per heavy atom. The lowest BCUT2D eigenvalue weighted by Crippen LogP contribution is -2.41. The van der Waals surface area contributed by atoms with E-state index < -0.39 is 0 Å². The molecule has 0 atom stereocenters. The first-order chi connectivity index (χ1) is 6.36. The molecule has 0 amide bonds. The summed E-state index contributed by atoms with van der Waals surface area (Å²) in [6.45, 7) is 3.21. The van der Waals surface area contributed by atoms with Crippen LogP contribution in [0.5, 0.6) is 0 Å². The molecule has 0 aromatic heterocycles. The van der Waals surface area contributed by atoms with Gasteiger partial charge in [-0.2, -0.15) is 0 Å². The van der Waals surface area contributed by atoms with E-state index in [-0.39, 0.29) is 0 Å². The summed E-state index contributed by atoms with van der Waals surface area (Å²) in [6.07, 6.45) is 1.21. The molecule has 0 spiro atoms. The number of anilines is 1. The van der Waals surface area contributed by atoms with Crippen molar-refractivity contribution in [2.75, 3.05) is 24.7 Å². The smallest absolute Gasteiger partial charge is 0.0682 e. The van der Waals surface area contributed by atoms with Crippen LogP contribution in [0.4, 0.5) is 5.69 Å². The van der Waals surface area contributed by atoms with Gasteiger partial charge in [-0.3, -0.25) is 5.32 Å². The van der Waals surface area contributed by atoms with E-state index in [1.165, 1.54) is 12.1 Å². The molecule has 1 aromatic carbocycles. The van der Waals surface area contributed by atoms with Crippen molar-refractivity contribution in [2.24, 2.45) is 0 Å². The van der Waals surface area contributed by atoms with Crippen LogP contribution < -0.4 is 10.2 Å². The molecule has 1 N–H and O–H groups in total. The summed E-state index contributed by atoms with van der Waals surface area (Å²) in [4.78, 5) is 2.32. The third kappa shape index (κ3) is 2.14. The van der Waals surface area contributed by atoms with Gasteiger partial charge in [0.25, 0.3) is 0 Å². The van der Waals surface area contributed by atoms with Crippen LogP contribution in [0, 0.1) is 0 Å². The largest absolute Gasteiger partial charge is 0.359 e. The molecular weight excluding hydrogens is 184 g/mol. The van der Waals surface area contributed by atoms with Crippen LogP contribution in [0.1, 0.15) is 6.42 Å². The van der Waals surface area contributed by atoms with Gasteiger partial charge in [0, 0.05) is 17.3 Å². The number of hydrogen-bond donors (Lipinski definition) is 1. The van der Waals surface area contributed by atoms with Crippen LogP contribution in [0.3, 0.4) is 0 Å². The highest BCUT2D eigenvalue weighted by Crippen LogP contribution is 2.18. The van der Waals surface area contributed by atoms with Crippen LogP contribution in [-0.4, -0.2) is 19.8 Å². The van der Waals surface area contributed by atoms with Crippen LogP contribution in [0.25, 0.3) is 0 Å². The highest BCUT2D eigenvalue weighted by atomic mass is 35.5. The molecule has 1 heterocycles. The summed E-state index contributed by atoms with van der Waals surface area (Å²) >= 11 is 5.82. The first-order valence-electron chi connectivity index (χ1n) is 4.57. The zero-order valence-electron chi connectivity index (χ0n) is 7.46. The van der Waals surface area contributed by atoms with E-state index in [2.05, 4.69) is 22.3 Å². The van der Waals surface area contributed by atoms with Gasteiger partial charge < -0.3 is 4.90 Å². The highest BCUT2D eigenvalue weighted by Gasteiger charge is 2.09. The third-order valence-electron chi connectivity index (χ3n) is 2.28. The van der Waals surface area contributed by atoms with Crippen molar-refractivity contribution in [1.29, 1.82) is 0 Å². The fourth-order valence-corrected chi connectivity index (χ4v) is 1.69. The Hall–Kier alpha value is -0.730. The Morgan fingerprint density at radius 3 is 2.62 bits per heavy atom. The minimum Gasteiger partial charge on any atom is -0.359 e. The molecule has 13 heavy (non-hydrogen) atoms. The van der Waals surface area contributed by atoms with Crippen molar-refractivity contribution in [3.05, 3.63) is 29.3 Å². The molecule has 0 bridgehead atoms. The molecule has 3 heteroatoms. The topological polar surface area (TPSA) is 15.3 Å². The Labute approximate surface area is 83.5 Å². The summed E-state index contributed by atoms with van der Waals surface area (Å²) in [5.41, 5.74) is 1.25. The van der Waals surface area contributed by atoms with Crippen LogP contribution >= 0.6 is 11.6 Å². The molecule has 2 nitrogen and oxygen atoms in total. The minimum atomic E-state index is 0.800. The van der Waals surface area contributed by atoms with Gasteiger partial charge in [0.2, 0.25) is 0 Å². The molecule has 1 aliphatic heterocycles. The molecule has 0 unspecified atom stereocenters. The molecule has 2 rings (SSSR count). The van der Waals surface area contributed by atoms with Gasteiger partial charge in [0.1, 0.15) is 0 Å². The molecule has 1 aromatic rings. The standard InChI is InChI=1S/C10H13ClN2/c11-9-2-4-10(5-3-9)13-7-1-6-12-8-13/h2-5,12H,1,6-8H2. The van der Waals surface area contributed by atoms with Crippen LogP contribution in [0.2, 0.25) is 5.02 Å². The van der Waals surface area contributed by atoms with Gasteiger partial charge in [-0.05, 0) is 37.2 Å². The third-order valence-corrected chi connectivity index (χ3v) is 2.53. The normalized spacial score (nSPS) is 17.5. The van der Waals surface area contributed by atoms with Crippen molar-refractivity contribution in [3.8, 4) is 0 Å². The predicted octanol–water partition coefficient (Wildman–Crippen LogP) is 2.10. The van der Waals surface area contributed by atoms with Crippen molar-refractivity contribution in [1.82, 2.24) is 5.32 Å². The fraction of sp³-hybridized carbons (Fsp3) is 0.400. The average molecular weight is 197 g/mol. The lowest BCUT2D eigenvalue weighted by molar-refractivity contribution is 0.553. The maximum atomic E-state index is 5.82. The summed E-state index contributed by atoms with van der Waals surface area (Å²) < 4.78 is 0. The first kappa shape index (κ1) is 8.85. The van der Waals surface area contributed by atoms with Gasteiger partial charge >= 0.3 is 0 Å². The number of nitrogens with zero attached hydrogens (tertiary/aromatic N) is 1. The SMILES string of the molecule is Clc1ccc(N2CCCNC2)cc1. The van der Waals surface area contributed by atoms with Gasteiger partial charge in [-0.25, -0.2) is 0 Å². The van der Waals surface area contributed by atoms with E-state index in [1.807, 2.05) is 12.1 Å². The van der Waals surface area contributed by atoms with Gasteiger partial charge in [0.05, 0.1) is 6.67 Å². The fourth-order valence-electron chi connectivity index (χ4n) is 1.56. The zero-order valence-corrected chi connectivity index (χ0v) is 8.22. The Balaban J connectivity index is 2.10. The average Bonchev–Trinajstić information content (AvgIpc) is 2.20. The second-order valence-corrected chi connectivity index (χ2v) is 3.69. The molecule has 0 aliphatic carbocycles. The first-order valence-corrected chi connectivity index (χ1v) is 4.95. The van der Waals surface area contributed by atoms with Crippen molar-refractivity contribution < 1.29 is 0 Å². The molecule has 0 radical (unpaired) electrons. The van der Waals surface area contributed by atoms with E-state index >= 15 is 0 Å². The molecular formula is C10H13ClN2. The number of benzene rings is 1. The summed E-state index contributed by atoms with van der Waals surface area (Å²) in [5, 5.41) is 4.14. The van der Waals surface area contributed by atoms with Crippen molar-refractivity contribution in [2.45, 2.75) is 6.42 Å². The molecule has 1 saturated heterocycles. The minimum absolute atomic E-state index is 0.800. The zero-order chi connectivity index (χ0) is 9.10. The lowest BCUT2D eigenvalue weighted by atomic mass is 10.2. The number of nitrogens with one attached hydrogen (secondary N) is 1. The highest BCUT2D eigenvalue weighted by molar-refractivity contribution is 6.30. The lowest BCUT2D eigenvalue weighted by Gasteiger charge is -2.29. The molecule has 70 valence electrons.